The summed E-state index contributed by atoms with van der Waals surface area (Å²) >= 11 is 0. The van der Waals surface area contributed by atoms with Gasteiger partial charge in [0.2, 0.25) is 5.91 Å². The van der Waals surface area contributed by atoms with Crippen LogP contribution < -0.4 is 16.2 Å². The second-order valence-electron chi connectivity index (χ2n) is 5.25. The fraction of sp³-hybridized carbons (Fsp3) is 0.643. The molecule has 1 aliphatic rings. The molecule has 0 bridgehead atoms. The predicted molar refractivity (Wildman–Crippen MR) is 76.5 cm³/mol. The lowest BCUT2D eigenvalue weighted by atomic mass is 10.00. The summed E-state index contributed by atoms with van der Waals surface area (Å²) < 4.78 is 0. The van der Waals surface area contributed by atoms with Gasteiger partial charge in [-0.05, 0) is 39.3 Å². The number of aromatic nitrogens is 2. The second-order valence-corrected chi connectivity index (χ2v) is 5.25. The summed E-state index contributed by atoms with van der Waals surface area (Å²) in [6.45, 7) is 4.20. The van der Waals surface area contributed by atoms with E-state index >= 15 is 0 Å². The molecule has 0 aromatic carbocycles. The van der Waals surface area contributed by atoms with E-state index in [1.807, 2.05) is 0 Å². The molecule has 0 radical (unpaired) electrons. The third-order valence-electron chi connectivity index (χ3n) is 3.53. The maximum Gasteiger partial charge on any atom is 0.251 e. The fourth-order valence-corrected chi connectivity index (χ4v) is 2.49. The van der Waals surface area contributed by atoms with Crippen LogP contribution in [0.25, 0.3) is 0 Å². The number of rotatable bonds is 4. The number of aryl methyl sites for hydroxylation is 1. The van der Waals surface area contributed by atoms with Gasteiger partial charge in [-0.1, -0.05) is 0 Å². The largest absolute Gasteiger partial charge is 0.355 e. The first kappa shape index (κ1) is 14.7. The van der Waals surface area contributed by atoms with E-state index in [1.54, 1.807) is 6.92 Å². The Bertz CT molecular complexity index is 504. The standard InChI is InChI=1S/C14H22N4O2/c1-10-9-13(19)18-12(17-10)5-8-16-14(20)11-3-2-6-15-7-4-11/h9,11,15H,2-8H2,1H3,(H,16,20)(H,17,18,19). The molecule has 0 spiro atoms. The average Bonchev–Trinajstić information content (AvgIpc) is 2.66. The fourth-order valence-electron chi connectivity index (χ4n) is 2.49. The molecule has 20 heavy (non-hydrogen) atoms. The van der Waals surface area contributed by atoms with E-state index in [0.29, 0.717) is 24.5 Å². The normalized spacial score (nSPS) is 19.4. The summed E-state index contributed by atoms with van der Waals surface area (Å²) in [5, 5.41) is 6.24. The van der Waals surface area contributed by atoms with E-state index in [1.165, 1.54) is 6.07 Å². The highest BCUT2D eigenvalue weighted by Crippen LogP contribution is 2.13. The Balaban J connectivity index is 1.79. The minimum Gasteiger partial charge on any atom is -0.355 e. The van der Waals surface area contributed by atoms with Gasteiger partial charge in [-0.2, -0.15) is 0 Å². The lowest BCUT2D eigenvalue weighted by molar-refractivity contribution is -0.125. The summed E-state index contributed by atoms with van der Waals surface area (Å²) in [5.41, 5.74) is 0.554. The van der Waals surface area contributed by atoms with E-state index in [9.17, 15) is 9.59 Å². The van der Waals surface area contributed by atoms with Crippen LogP contribution in [0.2, 0.25) is 0 Å². The number of nitrogens with zero attached hydrogens (tertiary/aromatic N) is 1. The number of carbonyl (C=O) groups is 1. The molecule has 1 atom stereocenters. The van der Waals surface area contributed by atoms with Crippen LogP contribution >= 0.6 is 0 Å². The summed E-state index contributed by atoms with van der Waals surface area (Å²) in [5.74, 6) is 0.844. The van der Waals surface area contributed by atoms with Crippen molar-refractivity contribution < 1.29 is 4.79 Å². The molecule has 1 fully saturated rings. The highest BCUT2D eigenvalue weighted by molar-refractivity contribution is 5.78. The van der Waals surface area contributed by atoms with Crippen LogP contribution in [0.5, 0.6) is 0 Å². The van der Waals surface area contributed by atoms with Crippen LogP contribution in [-0.2, 0) is 11.2 Å². The smallest absolute Gasteiger partial charge is 0.251 e. The lowest BCUT2D eigenvalue weighted by Crippen LogP contribution is -2.33. The summed E-state index contributed by atoms with van der Waals surface area (Å²) in [6.07, 6.45) is 3.43. The molecular formula is C14H22N4O2. The zero-order valence-electron chi connectivity index (χ0n) is 11.9. The van der Waals surface area contributed by atoms with Gasteiger partial charge in [-0.3, -0.25) is 9.59 Å². The molecular weight excluding hydrogens is 256 g/mol. The Morgan fingerprint density at radius 2 is 2.30 bits per heavy atom. The lowest BCUT2D eigenvalue weighted by Gasteiger charge is -2.13. The third kappa shape index (κ3) is 4.45. The molecule has 1 aromatic heterocycles. The number of amides is 1. The summed E-state index contributed by atoms with van der Waals surface area (Å²) in [4.78, 5) is 30.3. The highest BCUT2D eigenvalue weighted by Gasteiger charge is 2.19. The Labute approximate surface area is 118 Å². The molecule has 0 aliphatic carbocycles. The minimum absolute atomic E-state index is 0.106. The first-order chi connectivity index (χ1) is 9.65. The van der Waals surface area contributed by atoms with Crippen molar-refractivity contribution in [1.82, 2.24) is 20.6 Å². The number of H-pyrrole nitrogens is 1. The maximum absolute atomic E-state index is 12.0. The third-order valence-corrected chi connectivity index (χ3v) is 3.53. The summed E-state index contributed by atoms with van der Waals surface area (Å²) in [7, 11) is 0. The molecule has 6 nitrogen and oxygen atoms in total. The number of nitrogens with one attached hydrogen (secondary N) is 3. The van der Waals surface area contributed by atoms with Gasteiger partial charge in [0.05, 0.1) is 0 Å². The number of aromatic amines is 1. The molecule has 1 unspecified atom stereocenters. The Hall–Kier alpha value is -1.69. The highest BCUT2D eigenvalue weighted by atomic mass is 16.2. The molecule has 1 amide bonds. The Kier molecular flexibility index (Phi) is 5.29. The van der Waals surface area contributed by atoms with Crippen LogP contribution in [0.1, 0.15) is 30.8 Å². The van der Waals surface area contributed by atoms with E-state index in [2.05, 4.69) is 20.6 Å². The van der Waals surface area contributed by atoms with Crippen molar-refractivity contribution in [3.8, 4) is 0 Å². The number of carbonyl (C=O) groups excluding carboxylic acids is 1. The van der Waals surface area contributed by atoms with Crippen LogP contribution in [0.15, 0.2) is 10.9 Å². The SMILES string of the molecule is Cc1cc(=O)[nH]c(CCNC(=O)C2CCCNCC2)n1. The molecule has 3 N–H and O–H groups in total. The molecule has 0 saturated carbocycles. The maximum atomic E-state index is 12.0. The van der Waals surface area contributed by atoms with Gasteiger partial charge in [0.25, 0.3) is 5.56 Å². The van der Waals surface area contributed by atoms with Crippen molar-refractivity contribution in [2.24, 2.45) is 5.92 Å². The molecule has 6 heteroatoms. The van der Waals surface area contributed by atoms with E-state index < -0.39 is 0 Å². The van der Waals surface area contributed by atoms with Crippen molar-refractivity contribution in [3.05, 3.63) is 27.9 Å². The number of hydrogen-bond acceptors (Lipinski definition) is 4. The van der Waals surface area contributed by atoms with Crippen LogP contribution in [0.3, 0.4) is 0 Å². The van der Waals surface area contributed by atoms with Gasteiger partial charge in [0.15, 0.2) is 0 Å². The van der Waals surface area contributed by atoms with Crippen LogP contribution in [0, 0.1) is 12.8 Å². The molecule has 2 rings (SSSR count). The van der Waals surface area contributed by atoms with Gasteiger partial charge in [0.1, 0.15) is 5.82 Å². The zero-order valence-corrected chi connectivity index (χ0v) is 11.9. The van der Waals surface area contributed by atoms with E-state index in [4.69, 9.17) is 0 Å². The minimum atomic E-state index is -0.145. The number of hydrogen-bond donors (Lipinski definition) is 3. The zero-order chi connectivity index (χ0) is 14.4. The van der Waals surface area contributed by atoms with Gasteiger partial charge in [-0.25, -0.2) is 4.98 Å². The van der Waals surface area contributed by atoms with Crippen molar-refractivity contribution in [1.29, 1.82) is 0 Å². The molecule has 1 aromatic rings. The Morgan fingerprint density at radius 1 is 1.45 bits per heavy atom. The summed E-state index contributed by atoms with van der Waals surface area (Å²) in [6, 6.07) is 1.46. The first-order valence-electron chi connectivity index (χ1n) is 7.20. The van der Waals surface area contributed by atoms with Gasteiger partial charge in [0, 0.05) is 30.6 Å². The van der Waals surface area contributed by atoms with Gasteiger partial charge < -0.3 is 15.6 Å². The van der Waals surface area contributed by atoms with E-state index in [0.717, 1.165) is 32.4 Å². The molecule has 1 aliphatic heterocycles. The van der Waals surface area contributed by atoms with Crippen LogP contribution in [0.4, 0.5) is 0 Å². The van der Waals surface area contributed by atoms with Crippen molar-refractivity contribution >= 4 is 5.91 Å². The van der Waals surface area contributed by atoms with Crippen molar-refractivity contribution in [2.75, 3.05) is 19.6 Å². The quantitative estimate of drug-likeness (QED) is 0.730. The molecule has 110 valence electrons. The van der Waals surface area contributed by atoms with Crippen LogP contribution in [-0.4, -0.2) is 35.5 Å². The van der Waals surface area contributed by atoms with E-state index in [-0.39, 0.29) is 17.4 Å². The monoisotopic (exact) mass is 278 g/mol. The van der Waals surface area contributed by atoms with Gasteiger partial charge in [-0.15, -0.1) is 0 Å². The Morgan fingerprint density at radius 3 is 3.10 bits per heavy atom. The molecule has 2 heterocycles. The topological polar surface area (TPSA) is 86.9 Å². The average molecular weight is 278 g/mol. The first-order valence-corrected chi connectivity index (χ1v) is 7.20. The van der Waals surface area contributed by atoms with Crippen molar-refractivity contribution in [3.63, 3.8) is 0 Å². The van der Waals surface area contributed by atoms with Gasteiger partial charge >= 0.3 is 0 Å². The predicted octanol–water partition coefficient (Wildman–Crippen LogP) is 0.127. The second kappa shape index (κ2) is 7.19. The van der Waals surface area contributed by atoms with Crippen molar-refractivity contribution in [2.45, 2.75) is 32.6 Å². The molecule has 1 saturated heterocycles.